The molecule has 2 aromatic heterocycles. The molecule has 0 spiro atoms. The van der Waals surface area contributed by atoms with E-state index in [1.807, 2.05) is 59.1 Å². The fraction of sp³-hybridized carbons (Fsp3) is 0.200. The lowest BCUT2D eigenvalue weighted by Crippen LogP contribution is -2.14. The van der Waals surface area contributed by atoms with E-state index in [1.54, 1.807) is 12.1 Å². The van der Waals surface area contributed by atoms with Crippen molar-refractivity contribution < 1.29 is 9.53 Å². The molecule has 4 rings (SSSR count). The summed E-state index contributed by atoms with van der Waals surface area (Å²) in [7, 11) is 0. The molecule has 0 aliphatic heterocycles. The number of imidazole rings is 1. The summed E-state index contributed by atoms with van der Waals surface area (Å²) in [4.78, 5) is 17.7. The van der Waals surface area contributed by atoms with Crippen molar-refractivity contribution in [2.45, 2.75) is 26.2 Å². The first-order valence-corrected chi connectivity index (χ1v) is 10.3. The summed E-state index contributed by atoms with van der Waals surface area (Å²) in [6.07, 6.45) is 4.66. The summed E-state index contributed by atoms with van der Waals surface area (Å²) in [5.41, 5.74) is 3.36. The minimum absolute atomic E-state index is 0.171. The van der Waals surface area contributed by atoms with Crippen molar-refractivity contribution in [3.05, 3.63) is 95.8 Å². The predicted molar refractivity (Wildman–Crippen MR) is 119 cm³/mol. The van der Waals surface area contributed by atoms with Crippen LogP contribution >= 0.6 is 0 Å². The van der Waals surface area contributed by atoms with E-state index in [1.165, 1.54) is 0 Å². The van der Waals surface area contributed by atoms with Crippen LogP contribution in [-0.4, -0.2) is 21.9 Å². The number of nitrogens with one attached hydrogen (secondary N) is 1. The number of aromatic nitrogens is 2. The lowest BCUT2D eigenvalue weighted by Gasteiger charge is -2.09. The van der Waals surface area contributed by atoms with Gasteiger partial charge in [-0.15, -0.1) is 0 Å². The Balaban J connectivity index is 1.56. The van der Waals surface area contributed by atoms with E-state index in [0.29, 0.717) is 24.4 Å². The Bertz CT molecular complexity index is 1120. The SMILES string of the molecule is CCCCOc1ccc(C(=O)Nc2c(Cc3ccccc3)nc3ccccn23)cc1. The molecule has 0 saturated carbocycles. The zero-order valence-corrected chi connectivity index (χ0v) is 17.0. The largest absolute Gasteiger partial charge is 0.494 e. The number of amides is 1. The Morgan fingerprint density at radius 1 is 1.00 bits per heavy atom. The molecule has 5 heteroatoms. The minimum atomic E-state index is -0.171. The fourth-order valence-corrected chi connectivity index (χ4v) is 3.31. The second-order valence-electron chi connectivity index (χ2n) is 7.18. The number of unbranched alkanes of at least 4 members (excludes halogenated alkanes) is 1. The highest BCUT2D eigenvalue weighted by Gasteiger charge is 2.16. The van der Waals surface area contributed by atoms with Gasteiger partial charge in [0.1, 0.15) is 17.2 Å². The van der Waals surface area contributed by atoms with E-state index in [-0.39, 0.29) is 5.91 Å². The molecule has 2 aromatic carbocycles. The lowest BCUT2D eigenvalue weighted by atomic mass is 10.1. The van der Waals surface area contributed by atoms with Gasteiger partial charge < -0.3 is 10.1 Å². The number of nitrogens with zero attached hydrogens (tertiary/aromatic N) is 2. The van der Waals surface area contributed by atoms with Crippen LogP contribution in [0.5, 0.6) is 5.75 Å². The molecule has 0 unspecified atom stereocenters. The number of rotatable bonds is 8. The smallest absolute Gasteiger partial charge is 0.256 e. The Labute approximate surface area is 176 Å². The van der Waals surface area contributed by atoms with Crippen molar-refractivity contribution in [1.82, 2.24) is 9.38 Å². The molecule has 30 heavy (non-hydrogen) atoms. The number of benzene rings is 2. The van der Waals surface area contributed by atoms with Gasteiger partial charge >= 0.3 is 0 Å². The van der Waals surface area contributed by atoms with E-state index in [0.717, 1.165) is 35.5 Å². The summed E-state index contributed by atoms with van der Waals surface area (Å²) < 4.78 is 7.60. The van der Waals surface area contributed by atoms with Crippen molar-refractivity contribution in [3.8, 4) is 5.75 Å². The Kier molecular flexibility index (Phi) is 6.09. The molecule has 1 amide bonds. The van der Waals surface area contributed by atoms with Crippen molar-refractivity contribution in [1.29, 1.82) is 0 Å². The van der Waals surface area contributed by atoms with E-state index in [4.69, 9.17) is 9.72 Å². The molecule has 0 atom stereocenters. The Morgan fingerprint density at radius 2 is 1.77 bits per heavy atom. The summed E-state index contributed by atoms with van der Waals surface area (Å²) in [6, 6.07) is 23.2. The number of anilines is 1. The molecule has 4 aromatic rings. The second kappa shape index (κ2) is 9.27. The maximum atomic E-state index is 12.9. The van der Waals surface area contributed by atoms with E-state index >= 15 is 0 Å². The van der Waals surface area contributed by atoms with Crippen LogP contribution < -0.4 is 10.1 Å². The molecule has 152 valence electrons. The molecule has 0 saturated heterocycles. The van der Waals surface area contributed by atoms with Crippen LogP contribution in [0.4, 0.5) is 5.82 Å². The topological polar surface area (TPSA) is 55.6 Å². The van der Waals surface area contributed by atoms with Gasteiger partial charge in [0.05, 0.1) is 12.3 Å². The van der Waals surface area contributed by atoms with Gasteiger partial charge in [-0.3, -0.25) is 9.20 Å². The third-order valence-electron chi connectivity index (χ3n) is 4.93. The standard InChI is InChI=1S/C25H25N3O2/c1-2-3-17-30-21-14-12-20(13-15-21)25(29)27-24-22(18-19-9-5-4-6-10-19)26-23-11-7-8-16-28(23)24/h4-16H,2-3,17-18H2,1H3,(H,27,29). The number of pyridine rings is 1. The quantitative estimate of drug-likeness (QED) is 0.406. The lowest BCUT2D eigenvalue weighted by molar-refractivity contribution is 0.102. The second-order valence-corrected chi connectivity index (χ2v) is 7.18. The van der Waals surface area contributed by atoms with E-state index in [9.17, 15) is 4.79 Å². The zero-order valence-electron chi connectivity index (χ0n) is 17.0. The normalized spacial score (nSPS) is 10.8. The zero-order chi connectivity index (χ0) is 20.8. The Morgan fingerprint density at radius 3 is 2.53 bits per heavy atom. The van der Waals surface area contributed by atoms with E-state index < -0.39 is 0 Å². The van der Waals surface area contributed by atoms with Gasteiger partial charge in [-0.05, 0) is 48.4 Å². The van der Waals surface area contributed by atoms with Gasteiger partial charge in [0.15, 0.2) is 0 Å². The van der Waals surface area contributed by atoms with Crippen LogP contribution in [0.1, 0.15) is 41.4 Å². The third-order valence-corrected chi connectivity index (χ3v) is 4.93. The number of carbonyl (C=O) groups is 1. The van der Waals surface area contributed by atoms with Gasteiger partial charge in [0.2, 0.25) is 0 Å². The minimum Gasteiger partial charge on any atom is -0.494 e. The maximum absolute atomic E-state index is 12.9. The van der Waals surface area contributed by atoms with Gasteiger partial charge in [0.25, 0.3) is 5.91 Å². The van der Waals surface area contributed by atoms with Crippen molar-refractivity contribution >= 4 is 17.4 Å². The monoisotopic (exact) mass is 399 g/mol. The number of carbonyl (C=O) groups excluding carboxylic acids is 1. The van der Waals surface area contributed by atoms with Gasteiger partial charge in [0, 0.05) is 18.2 Å². The summed E-state index contributed by atoms with van der Waals surface area (Å²) in [6.45, 7) is 2.82. The third kappa shape index (κ3) is 4.51. The molecule has 5 nitrogen and oxygen atoms in total. The first kappa shape index (κ1) is 19.7. The molecule has 0 fully saturated rings. The number of fused-ring (bicyclic) bond motifs is 1. The highest BCUT2D eigenvalue weighted by Crippen LogP contribution is 2.22. The molecule has 2 heterocycles. The number of hydrogen-bond donors (Lipinski definition) is 1. The van der Waals surface area contributed by atoms with Gasteiger partial charge in [-0.1, -0.05) is 49.7 Å². The number of hydrogen-bond acceptors (Lipinski definition) is 3. The van der Waals surface area contributed by atoms with Crippen LogP contribution in [-0.2, 0) is 6.42 Å². The maximum Gasteiger partial charge on any atom is 0.256 e. The molecular formula is C25H25N3O2. The van der Waals surface area contributed by atoms with Crippen LogP contribution in [0.15, 0.2) is 79.0 Å². The molecule has 1 N–H and O–H groups in total. The number of ether oxygens (including phenoxy) is 1. The average molecular weight is 399 g/mol. The first-order valence-electron chi connectivity index (χ1n) is 10.3. The van der Waals surface area contributed by atoms with Crippen LogP contribution in [0, 0.1) is 0 Å². The molecule has 0 aliphatic rings. The van der Waals surface area contributed by atoms with Gasteiger partial charge in [-0.2, -0.15) is 0 Å². The van der Waals surface area contributed by atoms with Crippen LogP contribution in [0.25, 0.3) is 5.65 Å². The van der Waals surface area contributed by atoms with Crippen LogP contribution in [0.3, 0.4) is 0 Å². The predicted octanol–water partition coefficient (Wildman–Crippen LogP) is 5.36. The highest BCUT2D eigenvalue weighted by molar-refractivity contribution is 6.04. The van der Waals surface area contributed by atoms with Crippen molar-refractivity contribution in [2.75, 3.05) is 11.9 Å². The fourth-order valence-electron chi connectivity index (χ4n) is 3.31. The van der Waals surface area contributed by atoms with E-state index in [2.05, 4.69) is 24.4 Å². The Hall–Kier alpha value is -3.60. The molecule has 0 bridgehead atoms. The highest BCUT2D eigenvalue weighted by atomic mass is 16.5. The molecular weight excluding hydrogens is 374 g/mol. The first-order chi connectivity index (χ1) is 14.7. The summed E-state index contributed by atoms with van der Waals surface area (Å²) in [5.74, 6) is 1.30. The summed E-state index contributed by atoms with van der Waals surface area (Å²) >= 11 is 0. The van der Waals surface area contributed by atoms with Crippen molar-refractivity contribution in [3.63, 3.8) is 0 Å². The molecule has 0 aliphatic carbocycles. The van der Waals surface area contributed by atoms with Gasteiger partial charge in [-0.25, -0.2) is 4.98 Å². The van der Waals surface area contributed by atoms with Crippen LogP contribution in [0.2, 0.25) is 0 Å². The van der Waals surface area contributed by atoms with Crippen molar-refractivity contribution in [2.24, 2.45) is 0 Å². The average Bonchev–Trinajstić information content (AvgIpc) is 3.12. The molecule has 0 radical (unpaired) electrons. The summed E-state index contributed by atoms with van der Waals surface area (Å²) in [5, 5.41) is 3.06.